The molecule has 1 aliphatic carbocycles. The number of nitrogen functional groups attached to an aromatic ring is 1. The highest BCUT2D eigenvalue weighted by atomic mass is 16.2. The van der Waals surface area contributed by atoms with E-state index in [1.54, 1.807) is 12.3 Å². The van der Waals surface area contributed by atoms with E-state index in [-0.39, 0.29) is 29.8 Å². The third kappa shape index (κ3) is 5.06. The van der Waals surface area contributed by atoms with E-state index in [2.05, 4.69) is 15.4 Å². The molecule has 166 valence electrons. The maximum Gasteiger partial charge on any atom is 0.255 e. The molecule has 4 rings (SSSR count). The Labute approximate surface area is 183 Å². The first kappa shape index (κ1) is 21.3. The summed E-state index contributed by atoms with van der Waals surface area (Å²) < 4.78 is 1.82. The fourth-order valence-corrected chi connectivity index (χ4v) is 4.68. The minimum Gasteiger partial charge on any atom is -0.383 e. The van der Waals surface area contributed by atoms with Gasteiger partial charge in [0.15, 0.2) is 0 Å². The molecule has 3 heterocycles. The number of carbonyl (C=O) groups is 2. The van der Waals surface area contributed by atoms with Gasteiger partial charge in [0.05, 0.1) is 11.6 Å². The van der Waals surface area contributed by atoms with Crippen LogP contribution in [0, 0.1) is 0 Å². The van der Waals surface area contributed by atoms with Crippen LogP contribution in [0.1, 0.15) is 79.9 Å². The Hall–Kier alpha value is -2.90. The number of anilines is 1. The van der Waals surface area contributed by atoms with Gasteiger partial charge in [-0.25, -0.2) is 4.98 Å². The Balaban J connectivity index is 1.30. The standard InChI is InChI=1S/C23H32N6O2/c1-16(29-12-4-11-25-29)15-21(30)28-13-9-17(10-14-28)20-8-7-19(22(24)27-20)23(31)26-18-5-2-3-6-18/h4,7-8,11-12,16-18H,2-3,5-6,9-10,13-15H2,1H3,(H2,24,27)(H,26,31)/t16-/m1/s1. The highest BCUT2D eigenvalue weighted by Crippen LogP contribution is 2.29. The average molecular weight is 425 g/mol. The summed E-state index contributed by atoms with van der Waals surface area (Å²) in [6, 6.07) is 5.89. The second-order valence-corrected chi connectivity index (χ2v) is 8.82. The third-order valence-corrected chi connectivity index (χ3v) is 6.59. The van der Waals surface area contributed by atoms with E-state index in [4.69, 9.17) is 5.73 Å². The zero-order valence-corrected chi connectivity index (χ0v) is 18.2. The maximum absolute atomic E-state index is 12.7. The summed E-state index contributed by atoms with van der Waals surface area (Å²) in [5.41, 5.74) is 7.50. The number of hydrogen-bond acceptors (Lipinski definition) is 5. The van der Waals surface area contributed by atoms with Crippen LogP contribution in [0.3, 0.4) is 0 Å². The lowest BCUT2D eigenvalue weighted by Crippen LogP contribution is -2.39. The number of pyridine rings is 1. The summed E-state index contributed by atoms with van der Waals surface area (Å²) in [6.07, 6.45) is 10.2. The van der Waals surface area contributed by atoms with Crippen molar-refractivity contribution in [3.8, 4) is 0 Å². The fourth-order valence-electron chi connectivity index (χ4n) is 4.68. The molecular weight excluding hydrogens is 392 g/mol. The van der Waals surface area contributed by atoms with Crippen LogP contribution in [0.15, 0.2) is 30.6 Å². The van der Waals surface area contributed by atoms with E-state index in [1.807, 2.05) is 34.8 Å². The van der Waals surface area contributed by atoms with Crippen LogP contribution in [-0.2, 0) is 4.79 Å². The molecule has 31 heavy (non-hydrogen) atoms. The zero-order chi connectivity index (χ0) is 21.8. The molecule has 2 amide bonds. The van der Waals surface area contributed by atoms with Gasteiger partial charge in [-0.15, -0.1) is 0 Å². The number of aromatic nitrogens is 3. The summed E-state index contributed by atoms with van der Waals surface area (Å²) in [7, 11) is 0. The van der Waals surface area contributed by atoms with Gasteiger partial charge < -0.3 is 16.0 Å². The van der Waals surface area contributed by atoms with Crippen LogP contribution < -0.4 is 11.1 Å². The quantitative estimate of drug-likeness (QED) is 0.742. The molecule has 0 unspecified atom stereocenters. The van der Waals surface area contributed by atoms with Crippen molar-refractivity contribution in [1.29, 1.82) is 0 Å². The number of nitrogens with one attached hydrogen (secondary N) is 1. The number of piperidine rings is 1. The van der Waals surface area contributed by atoms with Crippen LogP contribution in [0.4, 0.5) is 5.82 Å². The number of hydrogen-bond donors (Lipinski definition) is 2. The number of carbonyl (C=O) groups excluding carboxylic acids is 2. The molecule has 1 saturated carbocycles. The van der Waals surface area contributed by atoms with Gasteiger partial charge in [0.25, 0.3) is 5.91 Å². The molecule has 2 fully saturated rings. The Kier molecular flexibility index (Phi) is 6.53. The largest absolute Gasteiger partial charge is 0.383 e. The minimum atomic E-state index is -0.129. The Morgan fingerprint density at radius 1 is 1.19 bits per heavy atom. The molecule has 1 atom stereocenters. The predicted octanol–water partition coefficient (Wildman–Crippen LogP) is 2.89. The highest BCUT2D eigenvalue weighted by molar-refractivity contribution is 5.98. The van der Waals surface area contributed by atoms with Crippen LogP contribution in [0.25, 0.3) is 0 Å². The van der Waals surface area contributed by atoms with Crippen molar-refractivity contribution in [3.63, 3.8) is 0 Å². The van der Waals surface area contributed by atoms with Gasteiger partial charge in [-0.2, -0.15) is 5.10 Å². The van der Waals surface area contributed by atoms with Crippen molar-refractivity contribution >= 4 is 17.6 Å². The second kappa shape index (κ2) is 9.49. The molecule has 0 radical (unpaired) electrons. The normalized spacial score (nSPS) is 18.8. The minimum absolute atomic E-state index is 0.0459. The van der Waals surface area contributed by atoms with Crippen LogP contribution in [-0.4, -0.2) is 50.6 Å². The molecule has 2 aliphatic rings. The first-order valence-corrected chi connectivity index (χ1v) is 11.4. The van der Waals surface area contributed by atoms with E-state index in [0.717, 1.165) is 31.4 Å². The molecule has 2 aromatic rings. The van der Waals surface area contributed by atoms with Crippen molar-refractivity contribution in [1.82, 2.24) is 25.0 Å². The summed E-state index contributed by atoms with van der Waals surface area (Å²) in [5, 5.41) is 7.29. The second-order valence-electron chi connectivity index (χ2n) is 8.82. The molecule has 0 aromatic carbocycles. The number of nitrogens with zero attached hydrogens (tertiary/aromatic N) is 4. The lowest BCUT2D eigenvalue weighted by atomic mass is 9.92. The summed E-state index contributed by atoms with van der Waals surface area (Å²) in [5.74, 6) is 0.574. The molecule has 3 N–H and O–H groups in total. The number of likely N-dealkylation sites (tertiary alicyclic amines) is 1. The molecule has 1 aliphatic heterocycles. The molecule has 0 bridgehead atoms. The lowest BCUT2D eigenvalue weighted by molar-refractivity contribution is -0.133. The van der Waals surface area contributed by atoms with Crippen LogP contribution >= 0.6 is 0 Å². The van der Waals surface area contributed by atoms with Crippen molar-refractivity contribution in [2.45, 2.75) is 69.9 Å². The number of nitrogens with two attached hydrogens (primary N) is 1. The van der Waals surface area contributed by atoms with Gasteiger partial charge in [0.1, 0.15) is 5.82 Å². The van der Waals surface area contributed by atoms with E-state index in [1.165, 1.54) is 12.8 Å². The van der Waals surface area contributed by atoms with Crippen molar-refractivity contribution in [2.75, 3.05) is 18.8 Å². The lowest BCUT2D eigenvalue weighted by Gasteiger charge is -2.32. The monoisotopic (exact) mass is 424 g/mol. The van der Waals surface area contributed by atoms with Crippen molar-refractivity contribution < 1.29 is 9.59 Å². The van der Waals surface area contributed by atoms with Gasteiger partial charge in [-0.05, 0) is 50.8 Å². The van der Waals surface area contributed by atoms with E-state index >= 15 is 0 Å². The molecule has 1 saturated heterocycles. The van der Waals surface area contributed by atoms with Gasteiger partial charge >= 0.3 is 0 Å². The van der Waals surface area contributed by atoms with E-state index < -0.39 is 0 Å². The van der Waals surface area contributed by atoms with E-state index in [9.17, 15) is 9.59 Å². The maximum atomic E-state index is 12.7. The van der Waals surface area contributed by atoms with Gasteiger partial charge in [-0.1, -0.05) is 12.8 Å². The zero-order valence-electron chi connectivity index (χ0n) is 18.2. The third-order valence-electron chi connectivity index (χ3n) is 6.59. The van der Waals surface area contributed by atoms with E-state index in [0.29, 0.717) is 30.9 Å². The van der Waals surface area contributed by atoms with Crippen LogP contribution in [0.5, 0.6) is 0 Å². The number of amides is 2. The fraction of sp³-hybridized carbons (Fsp3) is 0.565. The molecule has 2 aromatic heterocycles. The summed E-state index contributed by atoms with van der Waals surface area (Å²) in [4.78, 5) is 31.7. The molecule has 0 spiro atoms. The number of rotatable bonds is 6. The Morgan fingerprint density at radius 2 is 1.94 bits per heavy atom. The summed E-state index contributed by atoms with van der Waals surface area (Å²) in [6.45, 7) is 3.43. The highest BCUT2D eigenvalue weighted by Gasteiger charge is 2.27. The van der Waals surface area contributed by atoms with Gasteiger partial charge in [0.2, 0.25) is 5.91 Å². The Morgan fingerprint density at radius 3 is 2.58 bits per heavy atom. The van der Waals surface area contributed by atoms with Gasteiger partial charge in [-0.3, -0.25) is 14.3 Å². The first-order chi connectivity index (χ1) is 15.0. The first-order valence-electron chi connectivity index (χ1n) is 11.4. The average Bonchev–Trinajstić information content (AvgIpc) is 3.48. The van der Waals surface area contributed by atoms with Crippen molar-refractivity contribution in [3.05, 3.63) is 41.9 Å². The molecule has 8 nitrogen and oxygen atoms in total. The topological polar surface area (TPSA) is 106 Å². The van der Waals surface area contributed by atoms with Crippen molar-refractivity contribution in [2.24, 2.45) is 0 Å². The smallest absolute Gasteiger partial charge is 0.255 e. The van der Waals surface area contributed by atoms with Crippen LogP contribution in [0.2, 0.25) is 0 Å². The predicted molar refractivity (Wildman–Crippen MR) is 118 cm³/mol. The molecular formula is C23H32N6O2. The Bertz CT molecular complexity index is 899. The SMILES string of the molecule is C[C@H](CC(=O)N1CCC(c2ccc(C(=O)NC3CCCC3)c(N)n2)CC1)n1cccn1. The van der Waals surface area contributed by atoms with Gasteiger partial charge in [0, 0.05) is 49.6 Å². The summed E-state index contributed by atoms with van der Waals surface area (Å²) >= 11 is 0. The molecule has 8 heteroatoms.